The molecule has 2 nitrogen and oxygen atoms in total. The highest BCUT2D eigenvalue weighted by Crippen LogP contribution is 2.58. The Labute approximate surface area is 116 Å². The summed E-state index contributed by atoms with van der Waals surface area (Å²) in [5.74, 6) is 4.33. The van der Waals surface area contributed by atoms with Crippen LogP contribution in [0.3, 0.4) is 0 Å². The number of carbonyl (C=O) groups is 1. The second-order valence-corrected chi connectivity index (χ2v) is 7.36. The molecule has 0 aromatic rings. The number of rotatable bonds is 4. The minimum Gasteiger partial charge on any atom is -0.459 e. The standard InChI is InChI=1S/C17H26O2/c1-4-15(18)19-17(10(2)3)16-13-6-11-5-12(8-13)9-14(16)7-11/h4,10-14,16-17H,1,5-9H2,2-3H3. The van der Waals surface area contributed by atoms with Gasteiger partial charge in [0.25, 0.3) is 0 Å². The summed E-state index contributed by atoms with van der Waals surface area (Å²) in [6, 6.07) is 0. The summed E-state index contributed by atoms with van der Waals surface area (Å²) in [7, 11) is 0. The van der Waals surface area contributed by atoms with Crippen LogP contribution in [0.15, 0.2) is 12.7 Å². The van der Waals surface area contributed by atoms with E-state index in [9.17, 15) is 4.79 Å². The van der Waals surface area contributed by atoms with Gasteiger partial charge in [-0.3, -0.25) is 0 Å². The van der Waals surface area contributed by atoms with Crippen molar-refractivity contribution in [3.8, 4) is 0 Å². The monoisotopic (exact) mass is 262 g/mol. The van der Waals surface area contributed by atoms with Gasteiger partial charge in [-0.2, -0.15) is 0 Å². The fourth-order valence-electron chi connectivity index (χ4n) is 5.35. The quantitative estimate of drug-likeness (QED) is 0.569. The first-order valence-electron chi connectivity index (χ1n) is 7.91. The Bertz CT molecular complexity index is 343. The molecule has 0 saturated heterocycles. The summed E-state index contributed by atoms with van der Waals surface area (Å²) in [5, 5.41) is 0. The first-order valence-corrected chi connectivity index (χ1v) is 7.91. The van der Waals surface area contributed by atoms with Crippen molar-refractivity contribution in [2.45, 2.75) is 52.1 Å². The Morgan fingerprint density at radius 1 is 1.11 bits per heavy atom. The maximum absolute atomic E-state index is 11.6. The van der Waals surface area contributed by atoms with E-state index in [-0.39, 0.29) is 12.1 Å². The minimum atomic E-state index is -0.243. The van der Waals surface area contributed by atoms with Gasteiger partial charge in [0.05, 0.1) is 0 Å². The lowest BCUT2D eigenvalue weighted by Crippen LogP contribution is -2.51. The van der Waals surface area contributed by atoms with Crippen LogP contribution in [0, 0.1) is 35.5 Å². The molecule has 4 saturated carbocycles. The van der Waals surface area contributed by atoms with Crippen molar-refractivity contribution in [2.24, 2.45) is 35.5 Å². The number of ether oxygens (including phenoxy) is 1. The predicted molar refractivity (Wildman–Crippen MR) is 75.5 cm³/mol. The third kappa shape index (κ3) is 2.34. The van der Waals surface area contributed by atoms with Crippen molar-refractivity contribution in [2.75, 3.05) is 0 Å². The van der Waals surface area contributed by atoms with Gasteiger partial charge in [0.15, 0.2) is 0 Å². The zero-order valence-electron chi connectivity index (χ0n) is 12.2. The van der Waals surface area contributed by atoms with Crippen LogP contribution in [0.1, 0.15) is 46.0 Å². The van der Waals surface area contributed by atoms with Crippen LogP contribution in [-0.4, -0.2) is 12.1 Å². The molecule has 19 heavy (non-hydrogen) atoms. The fourth-order valence-corrected chi connectivity index (χ4v) is 5.35. The van der Waals surface area contributed by atoms with Gasteiger partial charge in [0.2, 0.25) is 0 Å². The van der Waals surface area contributed by atoms with Crippen LogP contribution in [0.4, 0.5) is 0 Å². The molecular formula is C17H26O2. The fraction of sp³-hybridized carbons (Fsp3) is 0.824. The number of hydrogen-bond donors (Lipinski definition) is 0. The molecule has 4 aliphatic carbocycles. The average Bonchev–Trinajstić information content (AvgIpc) is 2.35. The smallest absolute Gasteiger partial charge is 0.330 e. The van der Waals surface area contributed by atoms with Gasteiger partial charge in [-0.05, 0) is 61.7 Å². The van der Waals surface area contributed by atoms with Crippen molar-refractivity contribution in [3.63, 3.8) is 0 Å². The predicted octanol–water partition coefficient (Wildman–Crippen LogP) is 3.81. The molecule has 0 heterocycles. The van der Waals surface area contributed by atoms with Crippen LogP contribution in [0.5, 0.6) is 0 Å². The molecule has 2 heteroatoms. The summed E-state index contributed by atoms with van der Waals surface area (Å²) >= 11 is 0. The Hall–Kier alpha value is -0.790. The van der Waals surface area contributed by atoms with Gasteiger partial charge in [0, 0.05) is 12.0 Å². The van der Waals surface area contributed by atoms with E-state index in [1.54, 1.807) is 0 Å². The highest BCUT2D eigenvalue weighted by atomic mass is 16.5. The molecule has 0 amide bonds. The normalized spacial score (nSPS) is 41.3. The largest absolute Gasteiger partial charge is 0.459 e. The third-order valence-electron chi connectivity index (χ3n) is 5.75. The van der Waals surface area contributed by atoms with E-state index in [4.69, 9.17) is 4.74 Å². The molecule has 0 N–H and O–H groups in total. The van der Waals surface area contributed by atoms with Crippen molar-refractivity contribution < 1.29 is 9.53 Å². The topological polar surface area (TPSA) is 26.3 Å². The molecule has 1 unspecified atom stereocenters. The molecule has 0 aliphatic heterocycles. The molecule has 4 aliphatic rings. The maximum atomic E-state index is 11.6. The van der Waals surface area contributed by atoms with E-state index in [1.807, 2.05) is 0 Å². The van der Waals surface area contributed by atoms with Gasteiger partial charge < -0.3 is 4.74 Å². The Morgan fingerprint density at radius 2 is 1.63 bits per heavy atom. The Kier molecular flexibility index (Phi) is 3.44. The third-order valence-corrected chi connectivity index (χ3v) is 5.75. The number of hydrogen-bond acceptors (Lipinski definition) is 2. The highest BCUT2D eigenvalue weighted by molar-refractivity contribution is 5.81. The lowest BCUT2D eigenvalue weighted by atomic mass is 9.50. The molecule has 0 spiro atoms. The SMILES string of the molecule is C=CC(=O)OC(C(C)C)C1C2CC3CC(C2)CC1C3. The molecule has 0 aromatic heterocycles. The Balaban J connectivity index is 1.78. The van der Waals surface area contributed by atoms with Gasteiger partial charge in [0.1, 0.15) is 6.10 Å². The van der Waals surface area contributed by atoms with Gasteiger partial charge in [-0.15, -0.1) is 0 Å². The molecule has 1 atom stereocenters. The first kappa shape index (κ1) is 13.2. The number of esters is 1. The van der Waals surface area contributed by atoms with Gasteiger partial charge >= 0.3 is 5.97 Å². The molecule has 0 aromatic carbocycles. The highest BCUT2D eigenvalue weighted by Gasteiger charge is 2.51. The van der Waals surface area contributed by atoms with E-state index < -0.39 is 0 Å². The molecule has 0 radical (unpaired) electrons. The second kappa shape index (κ2) is 4.96. The van der Waals surface area contributed by atoms with Crippen molar-refractivity contribution in [3.05, 3.63) is 12.7 Å². The van der Waals surface area contributed by atoms with E-state index in [0.717, 1.165) is 23.7 Å². The summed E-state index contributed by atoms with van der Waals surface area (Å²) in [5.41, 5.74) is 0. The van der Waals surface area contributed by atoms with Gasteiger partial charge in [-0.25, -0.2) is 4.79 Å². The van der Waals surface area contributed by atoms with Crippen LogP contribution >= 0.6 is 0 Å². The second-order valence-electron chi connectivity index (χ2n) is 7.36. The van der Waals surface area contributed by atoms with Crippen LogP contribution in [0.2, 0.25) is 0 Å². The summed E-state index contributed by atoms with van der Waals surface area (Å²) in [6.45, 7) is 7.91. The summed E-state index contributed by atoms with van der Waals surface area (Å²) in [4.78, 5) is 11.6. The zero-order valence-corrected chi connectivity index (χ0v) is 12.2. The van der Waals surface area contributed by atoms with Crippen molar-refractivity contribution >= 4 is 5.97 Å². The lowest BCUT2D eigenvalue weighted by Gasteiger charge is -2.56. The van der Waals surface area contributed by atoms with E-state index in [1.165, 1.54) is 38.2 Å². The Morgan fingerprint density at radius 3 is 2.05 bits per heavy atom. The van der Waals surface area contributed by atoms with Crippen LogP contribution in [-0.2, 0) is 9.53 Å². The van der Waals surface area contributed by atoms with Crippen molar-refractivity contribution in [1.82, 2.24) is 0 Å². The van der Waals surface area contributed by atoms with Gasteiger partial charge in [-0.1, -0.05) is 20.4 Å². The number of carbonyl (C=O) groups excluding carboxylic acids is 1. The molecular weight excluding hydrogens is 236 g/mol. The van der Waals surface area contributed by atoms with Crippen molar-refractivity contribution in [1.29, 1.82) is 0 Å². The van der Waals surface area contributed by atoms with Crippen LogP contribution < -0.4 is 0 Å². The van der Waals surface area contributed by atoms with E-state index in [0.29, 0.717) is 11.8 Å². The van der Waals surface area contributed by atoms with E-state index in [2.05, 4.69) is 20.4 Å². The lowest BCUT2D eigenvalue weighted by molar-refractivity contribution is -0.162. The first-order chi connectivity index (χ1) is 9.08. The summed E-state index contributed by atoms with van der Waals surface area (Å²) in [6.07, 6.45) is 8.41. The van der Waals surface area contributed by atoms with E-state index >= 15 is 0 Å². The molecule has 4 bridgehead atoms. The minimum absolute atomic E-state index is 0.0977. The molecule has 4 rings (SSSR count). The summed E-state index contributed by atoms with van der Waals surface area (Å²) < 4.78 is 5.73. The average molecular weight is 262 g/mol. The maximum Gasteiger partial charge on any atom is 0.330 e. The van der Waals surface area contributed by atoms with Crippen LogP contribution in [0.25, 0.3) is 0 Å². The zero-order chi connectivity index (χ0) is 13.6. The molecule has 106 valence electrons. The molecule has 4 fully saturated rings.